The van der Waals surface area contributed by atoms with Gasteiger partial charge in [-0.1, -0.05) is 17.7 Å². The van der Waals surface area contributed by atoms with Gasteiger partial charge in [0.25, 0.3) is 10.0 Å². The van der Waals surface area contributed by atoms with E-state index in [4.69, 9.17) is 17.3 Å². The molecule has 16 heavy (non-hydrogen) atoms. The lowest BCUT2D eigenvalue weighted by atomic mass is 10.2. The van der Waals surface area contributed by atoms with Crippen LogP contribution in [0, 0.1) is 6.92 Å². The molecule has 1 aromatic carbocycles. The largest absolute Gasteiger partial charge is 0.375 e. The number of nitrogens with two attached hydrogens (primary N) is 1. The lowest BCUT2D eigenvalue weighted by molar-refractivity contribution is 0.577. The first-order valence-electron chi connectivity index (χ1n) is 4.16. The van der Waals surface area contributed by atoms with Crippen LogP contribution in [0.5, 0.6) is 0 Å². The fraction of sp³-hybridized carbons (Fsp3) is 0.125. The van der Waals surface area contributed by atoms with Crippen LogP contribution in [0.1, 0.15) is 5.56 Å². The van der Waals surface area contributed by atoms with Crippen molar-refractivity contribution in [2.75, 3.05) is 0 Å². The first-order valence-corrected chi connectivity index (χ1v) is 6.43. The number of hydrazine groups is 1. The Balaban J connectivity index is 3.03. The lowest BCUT2D eigenvalue weighted by Gasteiger charge is -2.09. The Morgan fingerprint density at radius 2 is 2.12 bits per heavy atom. The molecular weight excluding hydrogens is 270 g/mol. The van der Waals surface area contributed by atoms with Crippen LogP contribution in [0.2, 0.25) is 5.02 Å². The fourth-order valence-corrected chi connectivity index (χ4v) is 2.57. The molecule has 0 aliphatic rings. The minimum absolute atomic E-state index is 0.0384. The van der Waals surface area contributed by atoms with Crippen LogP contribution in [0.15, 0.2) is 23.1 Å². The van der Waals surface area contributed by atoms with Crippen LogP contribution in [0.4, 0.5) is 0 Å². The number of aryl methyl sites for hydroxylation is 1. The summed E-state index contributed by atoms with van der Waals surface area (Å²) in [5, 5.41) is -0.0379. The van der Waals surface area contributed by atoms with Crippen molar-refractivity contribution in [1.29, 1.82) is 0 Å². The quantitative estimate of drug-likeness (QED) is 0.560. The highest BCUT2D eigenvalue weighted by Gasteiger charge is 2.17. The Labute approximate surface area is 104 Å². The van der Waals surface area contributed by atoms with E-state index in [-0.39, 0.29) is 15.0 Å². The SMILES string of the molecule is Cc1ccc(S(=O)(=O)NNC(N)=S)c(Cl)c1. The average Bonchev–Trinajstić information content (AvgIpc) is 2.14. The summed E-state index contributed by atoms with van der Waals surface area (Å²) < 4.78 is 23.4. The van der Waals surface area contributed by atoms with Crippen LogP contribution in [-0.2, 0) is 10.0 Å². The first-order chi connectivity index (χ1) is 7.33. The minimum Gasteiger partial charge on any atom is -0.375 e. The maximum absolute atomic E-state index is 11.7. The van der Waals surface area contributed by atoms with Gasteiger partial charge in [-0.2, -0.15) is 0 Å². The van der Waals surface area contributed by atoms with Gasteiger partial charge >= 0.3 is 0 Å². The van der Waals surface area contributed by atoms with Crippen molar-refractivity contribution < 1.29 is 8.42 Å². The van der Waals surface area contributed by atoms with Crippen LogP contribution >= 0.6 is 23.8 Å². The van der Waals surface area contributed by atoms with Crippen molar-refractivity contribution in [1.82, 2.24) is 10.3 Å². The van der Waals surface area contributed by atoms with Crippen LogP contribution in [0.25, 0.3) is 0 Å². The fourth-order valence-electron chi connectivity index (χ4n) is 0.996. The summed E-state index contributed by atoms with van der Waals surface area (Å²) in [4.78, 5) is 1.97. The molecule has 0 fully saturated rings. The van der Waals surface area contributed by atoms with E-state index < -0.39 is 10.0 Å². The summed E-state index contributed by atoms with van der Waals surface area (Å²) >= 11 is 10.3. The molecule has 0 spiro atoms. The van der Waals surface area contributed by atoms with Crippen LogP contribution < -0.4 is 16.0 Å². The van der Waals surface area contributed by atoms with Crippen molar-refractivity contribution in [2.45, 2.75) is 11.8 Å². The number of benzene rings is 1. The number of hydrogen-bond acceptors (Lipinski definition) is 3. The van der Waals surface area contributed by atoms with Crippen molar-refractivity contribution in [2.24, 2.45) is 5.73 Å². The molecule has 88 valence electrons. The average molecular weight is 280 g/mol. The van der Waals surface area contributed by atoms with Gasteiger partial charge in [0.2, 0.25) is 0 Å². The van der Waals surface area contributed by atoms with E-state index in [1.54, 1.807) is 12.1 Å². The molecule has 0 unspecified atom stereocenters. The summed E-state index contributed by atoms with van der Waals surface area (Å²) in [5.74, 6) is 0. The molecule has 0 bridgehead atoms. The third-order valence-electron chi connectivity index (χ3n) is 1.69. The second-order valence-corrected chi connectivity index (χ2v) is 5.53. The van der Waals surface area contributed by atoms with Crippen molar-refractivity contribution in [3.63, 3.8) is 0 Å². The highest BCUT2D eigenvalue weighted by atomic mass is 35.5. The number of nitrogens with one attached hydrogen (secondary N) is 2. The maximum atomic E-state index is 11.7. The molecule has 0 aromatic heterocycles. The van der Waals surface area contributed by atoms with E-state index in [0.717, 1.165) is 5.56 Å². The normalized spacial score (nSPS) is 11.1. The molecular formula is C8H10ClN3O2S2. The Kier molecular flexibility index (Phi) is 4.09. The third kappa shape index (κ3) is 3.31. The van der Waals surface area contributed by atoms with Crippen molar-refractivity contribution in [3.05, 3.63) is 28.8 Å². The standard InChI is InChI=1S/C8H10ClN3O2S2/c1-5-2-3-7(6(9)4-5)16(13,14)12-11-8(10)15/h2-4,12H,1H3,(H3,10,11,15). The van der Waals surface area contributed by atoms with Gasteiger partial charge in [0.1, 0.15) is 4.90 Å². The highest BCUT2D eigenvalue weighted by molar-refractivity contribution is 7.89. The topological polar surface area (TPSA) is 84.2 Å². The van der Waals surface area contributed by atoms with E-state index in [1.807, 2.05) is 11.8 Å². The molecule has 0 atom stereocenters. The molecule has 4 N–H and O–H groups in total. The van der Waals surface area contributed by atoms with Gasteiger partial charge in [-0.05, 0) is 36.8 Å². The monoisotopic (exact) mass is 279 g/mol. The van der Waals surface area contributed by atoms with Gasteiger partial charge < -0.3 is 5.73 Å². The van der Waals surface area contributed by atoms with Gasteiger partial charge in [-0.25, -0.2) is 8.42 Å². The number of halogens is 1. The van der Waals surface area contributed by atoms with Crippen LogP contribution in [-0.4, -0.2) is 13.5 Å². The molecule has 0 saturated carbocycles. The Morgan fingerprint density at radius 1 is 1.50 bits per heavy atom. The Hall–Kier alpha value is -0.890. The Bertz CT molecular complexity index is 516. The maximum Gasteiger partial charge on any atom is 0.258 e. The van der Waals surface area contributed by atoms with E-state index in [9.17, 15) is 8.42 Å². The van der Waals surface area contributed by atoms with E-state index in [2.05, 4.69) is 17.6 Å². The zero-order valence-corrected chi connectivity index (χ0v) is 10.7. The van der Waals surface area contributed by atoms with E-state index in [0.29, 0.717) is 0 Å². The summed E-state index contributed by atoms with van der Waals surface area (Å²) in [6, 6.07) is 4.60. The predicted octanol–water partition coefficient (Wildman–Crippen LogP) is 0.675. The second-order valence-electron chi connectivity index (χ2n) is 3.03. The molecule has 0 aliphatic heterocycles. The molecule has 0 aliphatic carbocycles. The zero-order valence-electron chi connectivity index (χ0n) is 8.32. The number of hydrogen-bond donors (Lipinski definition) is 3. The molecule has 8 heteroatoms. The number of rotatable bonds is 3. The Morgan fingerprint density at radius 3 is 2.62 bits per heavy atom. The summed E-state index contributed by atoms with van der Waals surface area (Å²) in [6.07, 6.45) is 0. The molecule has 5 nitrogen and oxygen atoms in total. The van der Waals surface area contributed by atoms with Crippen molar-refractivity contribution >= 4 is 39.0 Å². The second kappa shape index (κ2) is 4.96. The summed E-state index contributed by atoms with van der Waals surface area (Å²) in [6.45, 7) is 1.81. The number of thiocarbonyl (C=S) groups is 1. The minimum atomic E-state index is -3.76. The van der Waals surface area contributed by atoms with Gasteiger partial charge in [0, 0.05) is 0 Å². The zero-order chi connectivity index (χ0) is 12.3. The first kappa shape index (κ1) is 13.2. The molecule has 1 rings (SSSR count). The molecule has 0 saturated heterocycles. The van der Waals surface area contributed by atoms with Gasteiger partial charge in [-0.15, -0.1) is 4.83 Å². The van der Waals surface area contributed by atoms with Gasteiger partial charge in [0.15, 0.2) is 5.11 Å². The predicted molar refractivity (Wildman–Crippen MR) is 66.4 cm³/mol. The molecule has 0 heterocycles. The molecule has 0 radical (unpaired) electrons. The van der Waals surface area contributed by atoms with Crippen LogP contribution in [0.3, 0.4) is 0 Å². The van der Waals surface area contributed by atoms with Gasteiger partial charge in [0.05, 0.1) is 5.02 Å². The van der Waals surface area contributed by atoms with Crippen molar-refractivity contribution in [3.8, 4) is 0 Å². The molecule has 0 amide bonds. The van der Waals surface area contributed by atoms with E-state index >= 15 is 0 Å². The van der Waals surface area contributed by atoms with E-state index in [1.165, 1.54) is 6.07 Å². The summed E-state index contributed by atoms with van der Waals surface area (Å²) in [5.41, 5.74) is 8.11. The smallest absolute Gasteiger partial charge is 0.258 e. The molecule has 1 aromatic rings. The third-order valence-corrected chi connectivity index (χ3v) is 3.52. The number of sulfonamides is 1. The summed E-state index contributed by atoms with van der Waals surface area (Å²) in [7, 11) is -3.76. The van der Waals surface area contributed by atoms with Gasteiger partial charge in [-0.3, -0.25) is 5.43 Å². The highest BCUT2D eigenvalue weighted by Crippen LogP contribution is 2.21. The lowest BCUT2D eigenvalue weighted by Crippen LogP contribution is -2.44.